The molecule has 8 heteroatoms. The minimum absolute atomic E-state index is 0.0942. The highest BCUT2D eigenvalue weighted by molar-refractivity contribution is 7.80. The lowest BCUT2D eigenvalue weighted by Crippen LogP contribution is -2.29. The molecule has 0 aliphatic carbocycles. The van der Waals surface area contributed by atoms with E-state index in [0.717, 1.165) is 39.6 Å². The molecule has 38 heavy (non-hydrogen) atoms. The average molecular weight is 527 g/mol. The molecule has 5 rings (SSSR count). The molecule has 7 nitrogen and oxygen atoms in total. The van der Waals surface area contributed by atoms with E-state index >= 15 is 0 Å². The molecule has 2 atom stereocenters. The van der Waals surface area contributed by atoms with E-state index in [-0.39, 0.29) is 18.1 Å². The molecular weight excluding hydrogens is 496 g/mol. The summed E-state index contributed by atoms with van der Waals surface area (Å²) < 4.78 is 12.5. The number of esters is 1. The summed E-state index contributed by atoms with van der Waals surface area (Å²) in [7, 11) is 3.06. The topological polar surface area (TPSA) is 68.6 Å². The normalized spacial score (nSPS) is 16.8. The second-order valence-corrected chi connectivity index (χ2v) is 9.69. The molecule has 1 fully saturated rings. The molecule has 0 radical (unpaired) electrons. The number of pyridine rings is 1. The van der Waals surface area contributed by atoms with E-state index in [1.54, 1.807) is 13.2 Å². The third-order valence-electron chi connectivity index (χ3n) is 7.02. The van der Waals surface area contributed by atoms with E-state index in [1.165, 1.54) is 7.11 Å². The Morgan fingerprint density at radius 2 is 1.82 bits per heavy atom. The number of methoxy groups -OCH3 is 2. The van der Waals surface area contributed by atoms with E-state index < -0.39 is 0 Å². The van der Waals surface area contributed by atoms with Gasteiger partial charge in [0.15, 0.2) is 5.11 Å². The van der Waals surface area contributed by atoms with Gasteiger partial charge >= 0.3 is 5.97 Å². The van der Waals surface area contributed by atoms with Crippen molar-refractivity contribution in [3.05, 3.63) is 113 Å². The molecule has 3 heterocycles. The fourth-order valence-electron chi connectivity index (χ4n) is 5.22. The number of carbonyl (C=O) groups excluding carboxylic acids is 1. The van der Waals surface area contributed by atoms with Crippen LogP contribution < -0.4 is 10.1 Å². The molecule has 1 N–H and O–H groups in total. The van der Waals surface area contributed by atoms with Crippen molar-refractivity contribution < 1.29 is 14.3 Å². The van der Waals surface area contributed by atoms with Crippen molar-refractivity contribution in [1.82, 2.24) is 19.8 Å². The van der Waals surface area contributed by atoms with Crippen molar-refractivity contribution in [3.8, 4) is 11.4 Å². The largest absolute Gasteiger partial charge is 0.497 e. The highest BCUT2D eigenvalue weighted by Crippen LogP contribution is 2.42. The Labute approximate surface area is 228 Å². The van der Waals surface area contributed by atoms with Crippen molar-refractivity contribution in [2.24, 2.45) is 0 Å². The molecular formula is C30H30N4O3S. The van der Waals surface area contributed by atoms with E-state index in [0.29, 0.717) is 17.2 Å². The van der Waals surface area contributed by atoms with Crippen LogP contribution in [0.4, 0.5) is 0 Å². The van der Waals surface area contributed by atoms with E-state index in [4.69, 9.17) is 21.7 Å². The van der Waals surface area contributed by atoms with Gasteiger partial charge < -0.3 is 24.3 Å². The zero-order valence-electron chi connectivity index (χ0n) is 21.8. The van der Waals surface area contributed by atoms with Crippen molar-refractivity contribution in [3.63, 3.8) is 0 Å². The number of benzene rings is 2. The number of hydrogen-bond acceptors (Lipinski definition) is 5. The summed E-state index contributed by atoms with van der Waals surface area (Å²) in [6.45, 7) is 4.81. The van der Waals surface area contributed by atoms with Gasteiger partial charge in [0, 0.05) is 29.8 Å². The Hall–Kier alpha value is -4.17. The van der Waals surface area contributed by atoms with Crippen LogP contribution in [0.3, 0.4) is 0 Å². The van der Waals surface area contributed by atoms with Crippen LogP contribution in [0.1, 0.15) is 50.7 Å². The number of aromatic nitrogens is 2. The third-order valence-corrected chi connectivity index (χ3v) is 7.38. The molecule has 2 aromatic heterocycles. The van der Waals surface area contributed by atoms with Gasteiger partial charge in [-0.3, -0.25) is 4.98 Å². The standard InChI is InChI=1S/C30H30N4O3S/c1-19-16-25(20(2)34(19)23-9-7-8-22(17-23)29(35)37-4)28-27(26-10-5-6-15-31-26)32-30(38)33(28)18-21-11-13-24(36-3)14-12-21/h5-17,27-28H,18H2,1-4H3,(H,32,38)/t27-,28+/m1/s1. The zero-order chi connectivity index (χ0) is 26.8. The second-order valence-electron chi connectivity index (χ2n) is 9.31. The van der Waals surface area contributed by atoms with Crippen molar-refractivity contribution in [2.45, 2.75) is 32.5 Å². The van der Waals surface area contributed by atoms with Gasteiger partial charge in [-0.25, -0.2) is 4.79 Å². The first-order valence-electron chi connectivity index (χ1n) is 12.4. The molecule has 0 amide bonds. The smallest absolute Gasteiger partial charge is 0.337 e. The Kier molecular flexibility index (Phi) is 7.15. The quantitative estimate of drug-likeness (QED) is 0.253. The Balaban J connectivity index is 1.59. The predicted octanol–water partition coefficient (Wildman–Crippen LogP) is 5.46. The summed E-state index contributed by atoms with van der Waals surface area (Å²) in [5, 5.41) is 4.22. The van der Waals surface area contributed by atoms with Crippen LogP contribution in [0.2, 0.25) is 0 Å². The van der Waals surface area contributed by atoms with Gasteiger partial charge in [-0.15, -0.1) is 0 Å². The highest BCUT2D eigenvalue weighted by atomic mass is 32.1. The van der Waals surface area contributed by atoms with Crippen LogP contribution in [0, 0.1) is 13.8 Å². The van der Waals surface area contributed by atoms with Gasteiger partial charge in [-0.05, 0) is 85.7 Å². The highest BCUT2D eigenvalue weighted by Gasteiger charge is 2.41. The number of hydrogen-bond donors (Lipinski definition) is 1. The maximum Gasteiger partial charge on any atom is 0.337 e. The van der Waals surface area contributed by atoms with Gasteiger partial charge in [0.25, 0.3) is 0 Å². The first-order chi connectivity index (χ1) is 18.4. The van der Waals surface area contributed by atoms with Crippen LogP contribution in [-0.4, -0.2) is 39.8 Å². The van der Waals surface area contributed by atoms with Gasteiger partial charge in [0.05, 0.1) is 37.6 Å². The minimum atomic E-state index is -0.360. The van der Waals surface area contributed by atoms with Crippen LogP contribution in [0.25, 0.3) is 5.69 Å². The van der Waals surface area contributed by atoms with Crippen LogP contribution >= 0.6 is 12.2 Å². The molecule has 1 aliphatic rings. The average Bonchev–Trinajstić information content (AvgIpc) is 3.43. The number of nitrogens with zero attached hydrogens (tertiary/aromatic N) is 3. The van der Waals surface area contributed by atoms with Crippen LogP contribution in [0.5, 0.6) is 5.75 Å². The number of ether oxygens (including phenoxy) is 2. The predicted molar refractivity (Wildman–Crippen MR) is 151 cm³/mol. The number of carbonyl (C=O) groups is 1. The molecule has 194 valence electrons. The van der Waals surface area contributed by atoms with Gasteiger partial charge in [-0.1, -0.05) is 24.3 Å². The summed E-state index contributed by atoms with van der Waals surface area (Å²) in [4.78, 5) is 19.1. The maximum atomic E-state index is 12.2. The molecule has 0 unspecified atom stereocenters. The summed E-state index contributed by atoms with van der Waals surface area (Å²) in [6, 6.07) is 23.5. The molecule has 2 aromatic carbocycles. The van der Waals surface area contributed by atoms with Crippen molar-refractivity contribution >= 4 is 23.3 Å². The maximum absolute atomic E-state index is 12.2. The van der Waals surface area contributed by atoms with Crippen LogP contribution in [0.15, 0.2) is 79.0 Å². The fraction of sp³-hybridized carbons (Fsp3) is 0.233. The minimum Gasteiger partial charge on any atom is -0.497 e. The molecule has 1 saturated heterocycles. The van der Waals surface area contributed by atoms with Gasteiger partial charge in [0.1, 0.15) is 5.75 Å². The van der Waals surface area contributed by atoms with Crippen LogP contribution in [-0.2, 0) is 11.3 Å². The van der Waals surface area contributed by atoms with E-state index in [9.17, 15) is 4.79 Å². The number of aryl methyl sites for hydroxylation is 1. The summed E-state index contributed by atoms with van der Waals surface area (Å²) >= 11 is 5.88. The number of rotatable bonds is 7. The SMILES string of the molecule is COC(=O)c1cccc(-n2c(C)cc([C@H]3[C@@H](c4ccccn4)NC(=S)N3Cc3ccc(OC)cc3)c2C)c1. The fourth-order valence-corrected chi connectivity index (χ4v) is 5.52. The van der Waals surface area contributed by atoms with E-state index in [1.807, 2.05) is 54.7 Å². The van der Waals surface area contributed by atoms with Crippen molar-refractivity contribution in [2.75, 3.05) is 14.2 Å². The third kappa shape index (κ3) is 4.75. The number of thiocarbonyl (C=S) groups is 1. The Bertz CT molecular complexity index is 1470. The Morgan fingerprint density at radius 3 is 2.50 bits per heavy atom. The first-order valence-corrected chi connectivity index (χ1v) is 12.8. The number of nitrogens with one attached hydrogen (secondary N) is 1. The van der Waals surface area contributed by atoms with Gasteiger partial charge in [-0.2, -0.15) is 0 Å². The molecule has 0 bridgehead atoms. The Morgan fingerprint density at radius 1 is 1.03 bits per heavy atom. The van der Waals surface area contributed by atoms with E-state index in [2.05, 4.69) is 51.8 Å². The monoisotopic (exact) mass is 526 g/mol. The summed E-state index contributed by atoms with van der Waals surface area (Å²) in [5.41, 5.74) is 6.73. The lowest BCUT2D eigenvalue weighted by Gasteiger charge is -2.28. The second kappa shape index (κ2) is 10.7. The molecule has 0 saturated carbocycles. The molecule has 1 aliphatic heterocycles. The van der Waals surface area contributed by atoms with Gasteiger partial charge in [0.2, 0.25) is 0 Å². The lowest BCUT2D eigenvalue weighted by molar-refractivity contribution is 0.0600. The van der Waals surface area contributed by atoms with Crippen molar-refractivity contribution in [1.29, 1.82) is 0 Å². The molecule has 0 spiro atoms. The first kappa shape index (κ1) is 25.5. The zero-order valence-corrected chi connectivity index (χ0v) is 22.7. The summed E-state index contributed by atoms with van der Waals surface area (Å²) in [5.74, 6) is 0.456. The summed E-state index contributed by atoms with van der Waals surface area (Å²) in [6.07, 6.45) is 1.81. The lowest BCUT2D eigenvalue weighted by atomic mass is 9.96. The molecule has 4 aromatic rings.